The van der Waals surface area contributed by atoms with Crippen LogP contribution in [0, 0.1) is 34.0 Å². The fourth-order valence-corrected chi connectivity index (χ4v) is 7.49. The molecule has 0 aromatic carbocycles. The fraction of sp³-hybridized carbons (Fsp3) is 0.900. The molecule has 1 spiro atoms. The van der Waals surface area contributed by atoms with E-state index in [1.165, 1.54) is 51.4 Å². The predicted molar refractivity (Wildman–Crippen MR) is 85.5 cm³/mol. The number of fused-ring (bicyclic) bond motifs is 2. The van der Waals surface area contributed by atoms with Gasteiger partial charge in [-0.05, 0) is 85.9 Å². The minimum atomic E-state index is 0.584. The van der Waals surface area contributed by atoms with E-state index in [1.54, 1.807) is 5.57 Å². The summed E-state index contributed by atoms with van der Waals surface area (Å²) < 4.78 is 0. The molecule has 112 valence electrons. The van der Waals surface area contributed by atoms with Crippen LogP contribution in [0.1, 0.15) is 79.1 Å². The van der Waals surface area contributed by atoms with E-state index >= 15 is 0 Å². The molecule has 3 saturated carbocycles. The Kier molecular flexibility index (Phi) is 2.63. The van der Waals surface area contributed by atoms with Gasteiger partial charge in [0.1, 0.15) is 0 Å². The van der Waals surface area contributed by atoms with Gasteiger partial charge in [-0.3, -0.25) is 0 Å². The van der Waals surface area contributed by atoms with Crippen molar-refractivity contribution in [3.05, 3.63) is 11.6 Å². The van der Waals surface area contributed by atoms with E-state index in [9.17, 15) is 0 Å². The lowest BCUT2D eigenvalue weighted by atomic mass is 9.40. The van der Waals surface area contributed by atoms with Gasteiger partial charge >= 0.3 is 0 Å². The molecule has 0 radical (unpaired) electrons. The van der Waals surface area contributed by atoms with E-state index in [-0.39, 0.29) is 0 Å². The second-order valence-electron chi connectivity index (χ2n) is 9.53. The highest BCUT2D eigenvalue weighted by atomic mass is 14.7. The summed E-state index contributed by atoms with van der Waals surface area (Å²) in [5, 5.41) is 0. The molecule has 5 unspecified atom stereocenters. The van der Waals surface area contributed by atoms with Crippen LogP contribution in [-0.2, 0) is 0 Å². The highest BCUT2D eigenvalue weighted by Crippen LogP contribution is 2.73. The number of hydrogen-bond donors (Lipinski definition) is 0. The average Bonchev–Trinajstić information content (AvgIpc) is 2.70. The summed E-state index contributed by atoms with van der Waals surface area (Å²) in [6.07, 6.45) is 14.6. The molecule has 0 heterocycles. The van der Waals surface area contributed by atoms with E-state index in [0.29, 0.717) is 16.2 Å². The molecular formula is C20H32. The van der Waals surface area contributed by atoms with E-state index in [4.69, 9.17) is 0 Å². The van der Waals surface area contributed by atoms with Gasteiger partial charge < -0.3 is 0 Å². The lowest BCUT2D eigenvalue weighted by Crippen LogP contribution is -2.56. The molecule has 2 bridgehead atoms. The zero-order chi connectivity index (χ0) is 14.2. The number of allylic oxidation sites excluding steroid dienone is 2. The third kappa shape index (κ3) is 1.44. The Morgan fingerprint density at radius 1 is 1.10 bits per heavy atom. The first-order valence-electron chi connectivity index (χ1n) is 9.06. The average molecular weight is 272 g/mol. The molecule has 0 aromatic rings. The van der Waals surface area contributed by atoms with Crippen LogP contribution in [0.15, 0.2) is 11.6 Å². The lowest BCUT2D eigenvalue weighted by Gasteiger charge is -2.64. The fourth-order valence-electron chi connectivity index (χ4n) is 7.49. The maximum atomic E-state index is 2.71. The number of rotatable bonds is 0. The van der Waals surface area contributed by atoms with Crippen molar-refractivity contribution in [3.63, 3.8) is 0 Å². The van der Waals surface area contributed by atoms with Crippen LogP contribution in [0.4, 0.5) is 0 Å². The van der Waals surface area contributed by atoms with Crippen LogP contribution >= 0.6 is 0 Å². The van der Waals surface area contributed by atoms with Gasteiger partial charge in [-0.1, -0.05) is 38.8 Å². The first kappa shape index (κ1) is 13.4. The zero-order valence-electron chi connectivity index (χ0n) is 14.0. The third-order valence-corrected chi connectivity index (χ3v) is 8.56. The van der Waals surface area contributed by atoms with Crippen LogP contribution in [0.3, 0.4) is 0 Å². The second kappa shape index (κ2) is 3.93. The monoisotopic (exact) mass is 272 g/mol. The Bertz CT molecular complexity index is 457. The van der Waals surface area contributed by atoms with E-state index in [0.717, 1.165) is 17.8 Å². The summed E-state index contributed by atoms with van der Waals surface area (Å²) in [5.74, 6) is 2.95. The molecule has 4 aliphatic carbocycles. The summed E-state index contributed by atoms with van der Waals surface area (Å²) in [6, 6.07) is 0. The molecule has 0 nitrogen and oxygen atoms in total. The Labute approximate surface area is 125 Å². The zero-order valence-corrected chi connectivity index (χ0v) is 14.0. The van der Waals surface area contributed by atoms with Crippen LogP contribution in [0.25, 0.3) is 0 Å². The molecule has 5 atom stereocenters. The first-order chi connectivity index (χ1) is 9.39. The summed E-state index contributed by atoms with van der Waals surface area (Å²) in [6.45, 7) is 10.3. The molecule has 0 aliphatic heterocycles. The third-order valence-electron chi connectivity index (χ3n) is 8.56. The van der Waals surface area contributed by atoms with Crippen molar-refractivity contribution in [2.75, 3.05) is 0 Å². The molecule has 0 amide bonds. The molecule has 0 N–H and O–H groups in total. The molecule has 4 aliphatic rings. The number of hydrogen-bond acceptors (Lipinski definition) is 0. The minimum absolute atomic E-state index is 0.584. The van der Waals surface area contributed by atoms with Gasteiger partial charge in [0.2, 0.25) is 0 Å². The maximum absolute atomic E-state index is 2.71. The van der Waals surface area contributed by atoms with Gasteiger partial charge in [0.05, 0.1) is 0 Å². The van der Waals surface area contributed by atoms with Crippen molar-refractivity contribution in [3.8, 4) is 0 Å². The van der Waals surface area contributed by atoms with E-state index in [1.807, 2.05) is 0 Å². The summed E-state index contributed by atoms with van der Waals surface area (Å²) in [4.78, 5) is 0. The highest BCUT2D eigenvalue weighted by Gasteiger charge is 2.65. The van der Waals surface area contributed by atoms with E-state index in [2.05, 4.69) is 33.8 Å². The van der Waals surface area contributed by atoms with Crippen LogP contribution in [0.2, 0.25) is 0 Å². The van der Waals surface area contributed by atoms with Gasteiger partial charge in [-0.2, -0.15) is 0 Å². The molecule has 0 saturated heterocycles. The molecule has 4 rings (SSSR count). The van der Waals surface area contributed by atoms with E-state index < -0.39 is 0 Å². The van der Waals surface area contributed by atoms with Crippen molar-refractivity contribution in [2.24, 2.45) is 34.0 Å². The first-order valence-corrected chi connectivity index (χ1v) is 9.06. The summed E-state index contributed by atoms with van der Waals surface area (Å²) >= 11 is 0. The van der Waals surface area contributed by atoms with Gasteiger partial charge in [0.15, 0.2) is 0 Å². The molecule has 20 heavy (non-hydrogen) atoms. The minimum Gasteiger partial charge on any atom is -0.0847 e. The Morgan fingerprint density at radius 2 is 1.90 bits per heavy atom. The van der Waals surface area contributed by atoms with Gasteiger partial charge in [-0.15, -0.1) is 0 Å². The Hall–Kier alpha value is -0.260. The quantitative estimate of drug-likeness (QED) is 0.476. The second-order valence-corrected chi connectivity index (χ2v) is 9.53. The van der Waals surface area contributed by atoms with Crippen LogP contribution < -0.4 is 0 Å². The Balaban J connectivity index is 1.80. The SMILES string of the molecule is CC1=CCC23CC1CC2CCC1C(C)(C)CCCC13C. The lowest BCUT2D eigenvalue weighted by molar-refractivity contribution is -0.149. The van der Waals surface area contributed by atoms with Gasteiger partial charge in [-0.25, -0.2) is 0 Å². The normalized spacial score (nSPS) is 53.0. The van der Waals surface area contributed by atoms with Crippen molar-refractivity contribution in [2.45, 2.75) is 79.1 Å². The van der Waals surface area contributed by atoms with Crippen LogP contribution in [-0.4, -0.2) is 0 Å². The topological polar surface area (TPSA) is 0 Å². The Morgan fingerprint density at radius 3 is 2.70 bits per heavy atom. The highest BCUT2D eigenvalue weighted by molar-refractivity contribution is 5.24. The van der Waals surface area contributed by atoms with Gasteiger partial charge in [0, 0.05) is 0 Å². The van der Waals surface area contributed by atoms with Crippen molar-refractivity contribution in [1.82, 2.24) is 0 Å². The van der Waals surface area contributed by atoms with Crippen molar-refractivity contribution < 1.29 is 0 Å². The molecule has 0 heteroatoms. The molecule has 3 fully saturated rings. The van der Waals surface area contributed by atoms with Gasteiger partial charge in [0.25, 0.3) is 0 Å². The molecular weight excluding hydrogens is 240 g/mol. The molecule has 0 aromatic heterocycles. The smallest absolute Gasteiger partial charge is 0.0172 e. The largest absolute Gasteiger partial charge is 0.0847 e. The van der Waals surface area contributed by atoms with Crippen molar-refractivity contribution in [1.29, 1.82) is 0 Å². The van der Waals surface area contributed by atoms with Crippen LogP contribution in [0.5, 0.6) is 0 Å². The standard InChI is InChI=1S/C20H32/c1-14-8-11-20-13-15(14)12-16(20)6-7-17-18(2,3)9-5-10-19(17,20)4/h8,15-17H,5-7,9-13H2,1-4H3. The maximum Gasteiger partial charge on any atom is -0.0172 e. The predicted octanol–water partition coefficient (Wildman–Crippen LogP) is 5.98. The summed E-state index contributed by atoms with van der Waals surface area (Å²) in [7, 11) is 0. The van der Waals surface area contributed by atoms with Crippen molar-refractivity contribution >= 4 is 0 Å². The summed E-state index contributed by atoms with van der Waals surface area (Å²) in [5.41, 5.74) is 3.61.